The zero-order valence-electron chi connectivity index (χ0n) is 32.8. The van der Waals surface area contributed by atoms with Crippen molar-refractivity contribution < 1.29 is 43.0 Å². The average molecular weight is 758 g/mol. The molecule has 0 aromatic heterocycles. The van der Waals surface area contributed by atoms with E-state index in [0.29, 0.717) is 25.9 Å². The largest absolute Gasteiger partial charge is 0.472 e. The summed E-state index contributed by atoms with van der Waals surface area (Å²) in [5, 5.41) is 20.3. The molecule has 0 spiro atoms. The Morgan fingerprint density at radius 1 is 0.673 bits per heavy atom. The molecule has 4 unspecified atom stereocenters. The Labute approximate surface area is 316 Å². The van der Waals surface area contributed by atoms with E-state index in [9.17, 15) is 24.5 Å². The number of phosphoric acid groups is 1. The molecule has 0 aliphatic heterocycles. The zero-order valence-corrected chi connectivity index (χ0v) is 33.7. The first-order chi connectivity index (χ1) is 25.2. The molecule has 4 atom stereocenters. The summed E-state index contributed by atoms with van der Waals surface area (Å²) >= 11 is 0. The number of ether oxygens (including phenoxy) is 2. The van der Waals surface area contributed by atoms with E-state index in [1.807, 2.05) is 6.08 Å². The van der Waals surface area contributed by atoms with Crippen molar-refractivity contribution in [3.63, 3.8) is 0 Å². The van der Waals surface area contributed by atoms with Gasteiger partial charge < -0.3 is 30.3 Å². The van der Waals surface area contributed by atoms with Crippen molar-refractivity contribution in [1.82, 2.24) is 0 Å². The SMILES string of the molecule is CCCCC/C=C/CC(O)/C=C/C=C/C=C/C(O)CCCC(=O)OC(COCCCCCCCCCCCCCCCC)COP(=O)(O)OCCN. The van der Waals surface area contributed by atoms with Gasteiger partial charge in [0, 0.05) is 19.6 Å². The van der Waals surface area contributed by atoms with Gasteiger partial charge in [0.05, 0.1) is 32.0 Å². The van der Waals surface area contributed by atoms with E-state index in [-0.39, 0.29) is 32.8 Å². The van der Waals surface area contributed by atoms with E-state index in [4.69, 9.17) is 24.3 Å². The van der Waals surface area contributed by atoms with E-state index >= 15 is 0 Å². The van der Waals surface area contributed by atoms with E-state index in [2.05, 4.69) is 19.9 Å². The van der Waals surface area contributed by atoms with Crippen LogP contribution in [0, 0.1) is 0 Å². The van der Waals surface area contributed by atoms with Gasteiger partial charge in [-0.05, 0) is 38.5 Å². The van der Waals surface area contributed by atoms with Crippen molar-refractivity contribution in [3.8, 4) is 0 Å². The number of esters is 1. The molecule has 0 rings (SSSR count). The van der Waals surface area contributed by atoms with Crippen molar-refractivity contribution in [2.24, 2.45) is 5.73 Å². The first kappa shape index (κ1) is 50.4. The monoisotopic (exact) mass is 758 g/mol. The Balaban J connectivity index is 4.36. The molecule has 0 aromatic carbocycles. The second-order valence-corrected chi connectivity index (χ2v) is 15.0. The molecule has 0 aliphatic carbocycles. The summed E-state index contributed by atoms with van der Waals surface area (Å²) in [4.78, 5) is 22.4. The molecule has 0 fully saturated rings. The standard InChI is InChI=1S/C41H76NO9P/c1-3-5-7-9-11-12-13-14-15-16-17-18-22-26-34-48-36-40(37-50-52(46,47)49-35-33-42)51-41(45)32-27-31-39(44)30-25-21-20-24-29-38(43)28-23-19-10-8-6-4-2/h19-21,23-25,29-30,38-40,43-44H,3-18,22,26-28,31-37,42H2,1-2H3,(H,46,47)/b21-20+,23-19+,29-24+,30-25+. The molecule has 11 heteroatoms. The summed E-state index contributed by atoms with van der Waals surface area (Å²) in [5.74, 6) is -0.514. The number of carbonyl (C=O) groups is 1. The Kier molecular flexibility index (Phi) is 36.5. The number of unbranched alkanes of at least 4 members (excludes halogenated alkanes) is 16. The lowest BCUT2D eigenvalue weighted by atomic mass is 10.0. The van der Waals surface area contributed by atoms with Gasteiger partial charge >= 0.3 is 13.8 Å². The van der Waals surface area contributed by atoms with Gasteiger partial charge in [-0.1, -0.05) is 159 Å². The van der Waals surface area contributed by atoms with Crippen LogP contribution in [0.3, 0.4) is 0 Å². The number of hydrogen-bond donors (Lipinski definition) is 4. The summed E-state index contributed by atoms with van der Waals surface area (Å²) in [6.07, 6.45) is 36.1. The Bertz CT molecular complexity index is 972. The van der Waals surface area contributed by atoms with Gasteiger partial charge in [-0.3, -0.25) is 13.8 Å². The summed E-state index contributed by atoms with van der Waals surface area (Å²) in [6.45, 7) is 4.51. The van der Waals surface area contributed by atoms with Crippen molar-refractivity contribution >= 4 is 13.8 Å². The number of carbonyl (C=O) groups excluding carboxylic acids is 1. The topological polar surface area (TPSA) is 158 Å². The maximum Gasteiger partial charge on any atom is 0.472 e. The van der Waals surface area contributed by atoms with Gasteiger partial charge in [0.1, 0.15) is 6.10 Å². The zero-order chi connectivity index (χ0) is 38.4. The van der Waals surface area contributed by atoms with Crippen LogP contribution in [0.5, 0.6) is 0 Å². The molecule has 0 radical (unpaired) electrons. The minimum absolute atomic E-state index is 0.0278. The Morgan fingerprint density at radius 2 is 1.23 bits per heavy atom. The molecular weight excluding hydrogens is 681 g/mol. The number of rotatable bonds is 38. The number of phosphoric ester groups is 1. The maximum absolute atomic E-state index is 12.6. The van der Waals surface area contributed by atoms with Crippen LogP contribution in [0.2, 0.25) is 0 Å². The third-order valence-electron chi connectivity index (χ3n) is 8.44. The maximum atomic E-state index is 12.6. The van der Waals surface area contributed by atoms with Gasteiger partial charge in [-0.25, -0.2) is 4.57 Å². The highest BCUT2D eigenvalue weighted by molar-refractivity contribution is 7.47. The first-order valence-corrected chi connectivity index (χ1v) is 21.9. The fourth-order valence-corrected chi connectivity index (χ4v) is 6.13. The minimum atomic E-state index is -4.34. The number of hydrogen-bond acceptors (Lipinski definition) is 9. The predicted molar refractivity (Wildman–Crippen MR) is 213 cm³/mol. The molecule has 304 valence electrons. The smallest absolute Gasteiger partial charge is 0.457 e. The highest BCUT2D eigenvalue weighted by atomic mass is 31.2. The number of aliphatic hydroxyl groups is 2. The molecule has 0 heterocycles. The Hall–Kier alpha value is -1.62. The van der Waals surface area contributed by atoms with Crippen LogP contribution in [-0.2, 0) is 27.9 Å². The molecule has 0 saturated carbocycles. The predicted octanol–water partition coefficient (Wildman–Crippen LogP) is 9.58. The second kappa shape index (κ2) is 37.7. The van der Waals surface area contributed by atoms with Crippen LogP contribution >= 0.6 is 7.82 Å². The Morgan fingerprint density at radius 3 is 1.83 bits per heavy atom. The highest BCUT2D eigenvalue weighted by Gasteiger charge is 2.25. The number of nitrogens with two attached hydrogens (primary N) is 1. The summed E-state index contributed by atoms with van der Waals surface area (Å²) in [7, 11) is -4.34. The van der Waals surface area contributed by atoms with Gasteiger partial charge in [-0.2, -0.15) is 0 Å². The fourth-order valence-electron chi connectivity index (χ4n) is 5.37. The van der Waals surface area contributed by atoms with Crippen LogP contribution in [-0.4, -0.2) is 72.4 Å². The molecule has 0 aromatic rings. The van der Waals surface area contributed by atoms with Gasteiger partial charge in [0.2, 0.25) is 0 Å². The third-order valence-corrected chi connectivity index (χ3v) is 9.42. The summed E-state index contributed by atoms with van der Waals surface area (Å²) in [6, 6.07) is 0. The summed E-state index contributed by atoms with van der Waals surface area (Å²) < 4.78 is 33.2. The third kappa shape index (κ3) is 36.7. The molecule has 0 amide bonds. The fraction of sp³-hybridized carbons (Fsp3) is 0.780. The van der Waals surface area contributed by atoms with E-state index < -0.39 is 32.1 Å². The lowest BCUT2D eigenvalue weighted by Gasteiger charge is -2.20. The first-order valence-electron chi connectivity index (χ1n) is 20.4. The molecule has 0 saturated heterocycles. The lowest BCUT2D eigenvalue weighted by molar-refractivity contribution is -0.154. The molecule has 52 heavy (non-hydrogen) atoms. The summed E-state index contributed by atoms with van der Waals surface area (Å²) in [5.41, 5.74) is 5.34. The molecular formula is C41H76NO9P. The van der Waals surface area contributed by atoms with Crippen molar-refractivity contribution in [1.29, 1.82) is 0 Å². The van der Waals surface area contributed by atoms with E-state index in [0.717, 1.165) is 25.7 Å². The van der Waals surface area contributed by atoms with E-state index in [1.165, 1.54) is 89.9 Å². The molecule has 10 nitrogen and oxygen atoms in total. The average Bonchev–Trinajstić information content (AvgIpc) is 3.12. The van der Waals surface area contributed by atoms with Crippen LogP contribution < -0.4 is 5.73 Å². The lowest BCUT2D eigenvalue weighted by Crippen LogP contribution is -2.28. The van der Waals surface area contributed by atoms with Crippen molar-refractivity contribution in [3.05, 3.63) is 48.6 Å². The van der Waals surface area contributed by atoms with Gasteiger partial charge in [0.15, 0.2) is 0 Å². The normalized spacial score (nSPS) is 15.3. The van der Waals surface area contributed by atoms with Crippen molar-refractivity contribution in [2.45, 2.75) is 173 Å². The molecule has 0 bridgehead atoms. The van der Waals surface area contributed by atoms with Crippen LogP contribution in [0.15, 0.2) is 48.6 Å². The number of aliphatic hydroxyl groups excluding tert-OH is 2. The van der Waals surface area contributed by atoms with Gasteiger partial charge in [0.25, 0.3) is 0 Å². The second-order valence-electron chi connectivity index (χ2n) is 13.6. The minimum Gasteiger partial charge on any atom is -0.457 e. The van der Waals surface area contributed by atoms with E-state index in [1.54, 1.807) is 36.5 Å². The number of allylic oxidation sites excluding steroid dienone is 5. The molecule has 0 aliphatic rings. The van der Waals surface area contributed by atoms with Crippen molar-refractivity contribution in [2.75, 3.05) is 33.0 Å². The quantitative estimate of drug-likeness (QED) is 0.0157. The van der Waals surface area contributed by atoms with Crippen LogP contribution in [0.25, 0.3) is 0 Å². The molecule has 5 N–H and O–H groups in total. The van der Waals surface area contributed by atoms with Crippen LogP contribution in [0.1, 0.15) is 155 Å². The highest BCUT2D eigenvalue weighted by Crippen LogP contribution is 2.43. The van der Waals surface area contributed by atoms with Gasteiger partial charge in [-0.15, -0.1) is 0 Å². The van der Waals surface area contributed by atoms with Crippen LogP contribution in [0.4, 0.5) is 0 Å².